The maximum Gasteiger partial charge on any atom is 0.472 e. The Morgan fingerprint density at radius 2 is 0.515 bits per heavy atom. The standard InChI is InChI=1S/C80H156O17P2/c1-7-10-12-14-16-18-20-22-27-32-35-39-43-50-56-62-77(82)90-68-75(96-79(84)65-59-53-45-41-37-33-29-26-24-23-25-28-31-34-38-42-48-54-60-72(4)5)70-94-98(86,87)92-66-74(81)67-93-99(88,89)95-71-76(69-91-78(83)63-57-51-47-46-49-55-61-73(6)9-3)97-80(85)64-58-52-44-40-36-30-21-19-17-15-13-11-8-2/h72-76,81H,7-71H2,1-6H3,(H,86,87)(H,88,89)/t73?,74-,75-,76-/m1/s1. The van der Waals surface area contributed by atoms with Gasteiger partial charge in [-0.05, 0) is 37.5 Å². The van der Waals surface area contributed by atoms with Crippen LogP contribution in [0, 0.1) is 11.8 Å². The maximum absolute atomic E-state index is 13.1. The summed E-state index contributed by atoms with van der Waals surface area (Å²) in [6.45, 7) is 9.63. The average molecular weight is 1450 g/mol. The topological polar surface area (TPSA) is 237 Å². The van der Waals surface area contributed by atoms with Crippen molar-refractivity contribution in [2.24, 2.45) is 11.8 Å². The molecule has 0 aromatic rings. The molecule has 0 saturated heterocycles. The fraction of sp³-hybridized carbons (Fsp3) is 0.950. The molecule has 19 heteroatoms. The number of aliphatic hydroxyl groups is 1. The Labute approximate surface area is 607 Å². The van der Waals surface area contributed by atoms with E-state index in [0.29, 0.717) is 25.7 Å². The third-order valence-electron chi connectivity index (χ3n) is 19.1. The molecule has 0 aliphatic rings. The van der Waals surface area contributed by atoms with Gasteiger partial charge >= 0.3 is 39.5 Å². The van der Waals surface area contributed by atoms with Crippen molar-refractivity contribution in [1.82, 2.24) is 0 Å². The molecule has 588 valence electrons. The number of hydrogen-bond acceptors (Lipinski definition) is 15. The molecule has 17 nitrogen and oxygen atoms in total. The van der Waals surface area contributed by atoms with Crippen molar-refractivity contribution in [3.05, 3.63) is 0 Å². The smallest absolute Gasteiger partial charge is 0.462 e. The first-order valence-electron chi connectivity index (χ1n) is 41.5. The summed E-state index contributed by atoms with van der Waals surface area (Å²) in [4.78, 5) is 73.0. The SMILES string of the molecule is CCCCCCCCCCCCCCCCCC(=O)OC[C@H](COP(=O)(O)OC[C@@H](O)COP(=O)(O)OC[C@@H](COC(=O)CCCCCCCCC(C)CC)OC(=O)CCCCCCCCCCCCCCC)OC(=O)CCCCCCCCCCCCCCCCCCCCC(C)C. The van der Waals surface area contributed by atoms with Gasteiger partial charge in [0.15, 0.2) is 12.2 Å². The third-order valence-corrected chi connectivity index (χ3v) is 21.0. The fourth-order valence-electron chi connectivity index (χ4n) is 12.3. The van der Waals surface area contributed by atoms with Crippen molar-refractivity contribution in [1.29, 1.82) is 0 Å². The molecule has 0 aliphatic heterocycles. The molecule has 3 N–H and O–H groups in total. The highest BCUT2D eigenvalue weighted by Gasteiger charge is 2.30. The lowest BCUT2D eigenvalue weighted by Crippen LogP contribution is -2.30. The normalized spacial score (nSPS) is 14.2. The van der Waals surface area contributed by atoms with Crippen LogP contribution in [0.3, 0.4) is 0 Å². The van der Waals surface area contributed by atoms with E-state index >= 15 is 0 Å². The minimum Gasteiger partial charge on any atom is -0.462 e. The van der Waals surface area contributed by atoms with Crippen LogP contribution in [0.1, 0.15) is 420 Å². The molecular weight excluding hydrogens is 1290 g/mol. The number of carbonyl (C=O) groups excluding carboxylic acids is 4. The van der Waals surface area contributed by atoms with E-state index in [4.69, 9.17) is 37.0 Å². The Kier molecular flexibility index (Phi) is 70.3. The predicted octanol–water partition coefficient (Wildman–Crippen LogP) is 23.9. The molecule has 0 aromatic carbocycles. The molecule has 0 amide bonds. The van der Waals surface area contributed by atoms with Crippen molar-refractivity contribution < 1.29 is 80.2 Å². The summed E-state index contributed by atoms with van der Waals surface area (Å²) >= 11 is 0. The minimum atomic E-state index is -4.96. The van der Waals surface area contributed by atoms with Gasteiger partial charge in [-0.15, -0.1) is 0 Å². The van der Waals surface area contributed by atoms with Gasteiger partial charge in [0, 0.05) is 25.7 Å². The van der Waals surface area contributed by atoms with Crippen LogP contribution in [-0.2, 0) is 65.4 Å². The van der Waals surface area contributed by atoms with Gasteiger partial charge < -0.3 is 33.8 Å². The molecule has 0 radical (unpaired) electrons. The molecule has 3 unspecified atom stereocenters. The quantitative estimate of drug-likeness (QED) is 0.0222. The van der Waals surface area contributed by atoms with Gasteiger partial charge in [-0.3, -0.25) is 37.3 Å². The number of rotatable bonds is 79. The van der Waals surface area contributed by atoms with Crippen LogP contribution in [0.15, 0.2) is 0 Å². The predicted molar refractivity (Wildman–Crippen MR) is 405 cm³/mol. The summed E-state index contributed by atoms with van der Waals surface area (Å²) in [6.07, 6.45) is 61.0. The molecule has 6 atom stereocenters. The molecule has 0 aromatic heterocycles. The number of hydrogen-bond donors (Lipinski definition) is 3. The average Bonchev–Trinajstić information content (AvgIpc) is 0.957. The highest BCUT2D eigenvalue weighted by molar-refractivity contribution is 7.47. The summed E-state index contributed by atoms with van der Waals surface area (Å²) < 4.78 is 68.7. The van der Waals surface area contributed by atoms with Gasteiger partial charge in [-0.25, -0.2) is 9.13 Å². The maximum atomic E-state index is 13.1. The second-order valence-electron chi connectivity index (χ2n) is 29.5. The second kappa shape index (κ2) is 71.7. The first-order chi connectivity index (χ1) is 47.9. The van der Waals surface area contributed by atoms with Crippen LogP contribution in [-0.4, -0.2) is 96.7 Å². The van der Waals surface area contributed by atoms with Crippen LogP contribution >= 0.6 is 15.6 Å². The lowest BCUT2D eigenvalue weighted by molar-refractivity contribution is -0.161. The molecule has 0 rings (SSSR count). The van der Waals surface area contributed by atoms with Crippen LogP contribution < -0.4 is 0 Å². The highest BCUT2D eigenvalue weighted by atomic mass is 31.2. The van der Waals surface area contributed by atoms with E-state index in [9.17, 15) is 43.2 Å². The van der Waals surface area contributed by atoms with E-state index in [1.165, 1.54) is 231 Å². The Morgan fingerprint density at radius 3 is 0.768 bits per heavy atom. The number of phosphoric acid groups is 2. The summed E-state index contributed by atoms with van der Waals surface area (Å²) in [5.41, 5.74) is 0. The molecule has 99 heavy (non-hydrogen) atoms. The van der Waals surface area contributed by atoms with Gasteiger partial charge in [0.25, 0.3) is 0 Å². The number of phosphoric ester groups is 2. The van der Waals surface area contributed by atoms with E-state index < -0.39 is 97.5 Å². The minimum absolute atomic E-state index is 0.107. The monoisotopic (exact) mass is 1450 g/mol. The molecule has 0 fully saturated rings. The van der Waals surface area contributed by atoms with Gasteiger partial charge in [0.2, 0.25) is 0 Å². The van der Waals surface area contributed by atoms with Crippen LogP contribution in [0.4, 0.5) is 0 Å². The Morgan fingerprint density at radius 1 is 0.293 bits per heavy atom. The zero-order valence-electron chi connectivity index (χ0n) is 64.8. The third kappa shape index (κ3) is 72.8. The van der Waals surface area contributed by atoms with E-state index in [2.05, 4.69) is 41.5 Å². The van der Waals surface area contributed by atoms with Gasteiger partial charge in [0.1, 0.15) is 19.3 Å². The Bertz CT molecular complexity index is 1910. The van der Waals surface area contributed by atoms with Gasteiger partial charge in [0.05, 0.1) is 26.4 Å². The largest absolute Gasteiger partial charge is 0.472 e. The number of ether oxygens (including phenoxy) is 4. The number of aliphatic hydroxyl groups excluding tert-OH is 1. The molecule has 0 bridgehead atoms. The molecule has 0 heterocycles. The van der Waals surface area contributed by atoms with E-state index in [0.717, 1.165) is 108 Å². The molecular formula is C80H156O17P2. The fourth-order valence-corrected chi connectivity index (χ4v) is 13.9. The lowest BCUT2D eigenvalue weighted by atomic mass is 10.00. The van der Waals surface area contributed by atoms with Gasteiger partial charge in [-0.1, -0.05) is 369 Å². The number of esters is 4. The number of carbonyl (C=O) groups is 4. The lowest BCUT2D eigenvalue weighted by Gasteiger charge is -2.21. The van der Waals surface area contributed by atoms with E-state index in [-0.39, 0.29) is 25.7 Å². The van der Waals surface area contributed by atoms with E-state index in [1.54, 1.807) is 0 Å². The second-order valence-corrected chi connectivity index (χ2v) is 32.4. The van der Waals surface area contributed by atoms with Crippen molar-refractivity contribution >= 4 is 39.5 Å². The summed E-state index contributed by atoms with van der Waals surface area (Å²) in [5.74, 6) is -0.558. The summed E-state index contributed by atoms with van der Waals surface area (Å²) in [6, 6.07) is 0. The summed E-state index contributed by atoms with van der Waals surface area (Å²) in [5, 5.41) is 10.6. The Balaban J connectivity index is 5.22. The van der Waals surface area contributed by atoms with Crippen molar-refractivity contribution in [2.75, 3.05) is 39.6 Å². The molecule has 0 saturated carbocycles. The summed E-state index contributed by atoms with van der Waals surface area (Å²) in [7, 11) is -9.92. The highest BCUT2D eigenvalue weighted by Crippen LogP contribution is 2.45. The van der Waals surface area contributed by atoms with Crippen molar-refractivity contribution in [2.45, 2.75) is 439 Å². The van der Waals surface area contributed by atoms with E-state index in [1.807, 2.05) is 0 Å². The van der Waals surface area contributed by atoms with Gasteiger partial charge in [-0.2, -0.15) is 0 Å². The van der Waals surface area contributed by atoms with Crippen LogP contribution in [0.5, 0.6) is 0 Å². The first kappa shape index (κ1) is 97.1. The van der Waals surface area contributed by atoms with Crippen LogP contribution in [0.2, 0.25) is 0 Å². The molecule has 0 spiro atoms. The zero-order chi connectivity index (χ0) is 72.8. The van der Waals surface area contributed by atoms with Crippen LogP contribution in [0.25, 0.3) is 0 Å². The first-order valence-corrected chi connectivity index (χ1v) is 44.5. The van der Waals surface area contributed by atoms with Crippen molar-refractivity contribution in [3.63, 3.8) is 0 Å². The zero-order valence-corrected chi connectivity index (χ0v) is 66.6. The number of unbranched alkanes of at least 4 members (excludes halogenated alkanes) is 48. The van der Waals surface area contributed by atoms with Crippen molar-refractivity contribution in [3.8, 4) is 0 Å². The molecule has 0 aliphatic carbocycles. The Hall–Kier alpha value is -1.94.